The molecule has 0 bridgehead atoms. The molecule has 0 spiro atoms. The van der Waals surface area contributed by atoms with Crippen molar-refractivity contribution in [3.8, 4) is 0 Å². The van der Waals surface area contributed by atoms with Crippen LogP contribution >= 0.6 is 11.6 Å². The highest BCUT2D eigenvalue weighted by molar-refractivity contribution is 6.30. The van der Waals surface area contributed by atoms with Crippen molar-refractivity contribution in [2.75, 3.05) is 14.2 Å². The van der Waals surface area contributed by atoms with Gasteiger partial charge < -0.3 is 15.5 Å². The fraction of sp³-hybridized carbons (Fsp3) is 0.333. The molecule has 2 N–H and O–H groups in total. The van der Waals surface area contributed by atoms with E-state index in [9.17, 15) is 4.79 Å². The number of carbonyl (C=O) groups is 1. The van der Waals surface area contributed by atoms with E-state index in [1.165, 1.54) is 13.2 Å². The Labute approximate surface area is 105 Å². The molecule has 0 saturated heterocycles. The monoisotopic (exact) mass is 254 g/mol. The van der Waals surface area contributed by atoms with Crippen molar-refractivity contribution in [3.05, 3.63) is 34.5 Å². The summed E-state index contributed by atoms with van der Waals surface area (Å²) in [5.74, 6) is -0.484. The van der Waals surface area contributed by atoms with Crippen molar-refractivity contribution >= 4 is 23.3 Å². The number of hydrogen-bond donors (Lipinski definition) is 2. The lowest BCUT2D eigenvalue weighted by atomic mass is 9.99. The van der Waals surface area contributed by atoms with Crippen molar-refractivity contribution in [1.82, 2.24) is 5.32 Å². The SMILES string of the molecule is CN/C(=C\C(=N)C1=CC=C(Cl)CC1)C(=O)OC. The number of esters is 1. The van der Waals surface area contributed by atoms with E-state index in [1.54, 1.807) is 19.2 Å². The van der Waals surface area contributed by atoms with E-state index in [1.807, 2.05) is 0 Å². The second-order valence-electron chi connectivity index (χ2n) is 3.52. The summed E-state index contributed by atoms with van der Waals surface area (Å²) >= 11 is 5.84. The molecule has 1 aliphatic rings. The average molecular weight is 255 g/mol. The molecule has 5 heteroatoms. The minimum Gasteiger partial charge on any atom is -0.464 e. The van der Waals surface area contributed by atoms with Crippen molar-refractivity contribution < 1.29 is 9.53 Å². The van der Waals surface area contributed by atoms with Gasteiger partial charge in [0.25, 0.3) is 0 Å². The predicted octanol–water partition coefficient (Wildman–Crippen LogP) is 2.13. The summed E-state index contributed by atoms with van der Waals surface area (Å²) in [5, 5.41) is 11.4. The van der Waals surface area contributed by atoms with E-state index in [-0.39, 0.29) is 5.70 Å². The van der Waals surface area contributed by atoms with Crippen molar-refractivity contribution in [3.63, 3.8) is 0 Å². The summed E-state index contributed by atoms with van der Waals surface area (Å²) in [6.07, 6.45) is 6.49. The van der Waals surface area contributed by atoms with E-state index >= 15 is 0 Å². The van der Waals surface area contributed by atoms with Gasteiger partial charge >= 0.3 is 5.97 Å². The highest BCUT2D eigenvalue weighted by Crippen LogP contribution is 2.22. The van der Waals surface area contributed by atoms with Crippen LogP contribution in [0.2, 0.25) is 0 Å². The first-order valence-corrected chi connectivity index (χ1v) is 5.58. The van der Waals surface area contributed by atoms with Crippen LogP contribution in [-0.4, -0.2) is 25.8 Å². The quantitative estimate of drug-likeness (QED) is 0.459. The maximum Gasteiger partial charge on any atom is 0.354 e. The third-order valence-electron chi connectivity index (χ3n) is 2.41. The normalized spacial score (nSPS) is 15.8. The Bertz CT molecular complexity index is 422. The average Bonchev–Trinajstić information content (AvgIpc) is 2.35. The second-order valence-corrected chi connectivity index (χ2v) is 4.00. The third-order valence-corrected chi connectivity index (χ3v) is 2.72. The summed E-state index contributed by atoms with van der Waals surface area (Å²) in [6, 6.07) is 0. The van der Waals surface area contributed by atoms with Gasteiger partial charge in [0, 0.05) is 12.1 Å². The molecule has 4 nitrogen and oxygen atoms in total. The molecule has 0 aromatic rings. The van der Waals surface area contributed by atoms with Crippen LogP contribution < -0.4 is 5.32 Å². The lowest BCUT2D eigenvalue weighted by Gasteiger charge is -2.11. The molecule has 0 aromatic heterocycles. The Morgan fingerprint density at radius 3 is 2.71 bits per heavy atom. The Morgan fingerprint density at radius 2 is 2.24 bits per heavy atom. The molecule has 0 radical (unpaired) electrons. The number of halogens is 1. The fourth-order valence-corrected chi connectivity index (χ4v) is 1.57. The number of nitrogens with one attached hydrogen (secondary N) is 2. The zero-order valence-electron chi connectivity index (χ0n) is 9.84. The number of carbonyl (C=O) groups excluding carboxylic acids is 1. The summed E-state index contributed by atoms with van der Waals surface area (Å²) in [7, 11) is 2.92. The van der Waals surface area contributed by atoms with Gasteiger partial charge in [0.2, 0.25) is 0 Å². The van der Waals surface area contributed by atoms with Crippen LogP contribution in [-0.2, 0) is 9.53 Å². The number of likely N-dealkylation sites (N-methyl/N-ethyl adjacent to an activating group) is 1. The van der Waals surface area contributed by atoms with Crippen molar-refractivity contribution in [2.45, 2.75) is 12.8 Å². The molecule has 0 heterocycles. The van der Waals surface area contributed by atoms with Gasteiger partial charge in [-0.25, -0.2) is 4.79 Å². The number of hydrogen-bond acceptors (Lipinski definition) is 4. The predicted molar refractivity (Wildman–Crippen MR) is 68.1 cm³/mol. The first kappa shape index (κ1) is 13.5. The number of methoxy groups -OCH3 is 1. The van der Waals surface area contributed by atoms with Gasteiger partial charge in [0.05, 0.1) is 12.8 Å². The van der Waals surface area contributed by atoms with Gasteiger partial charge in [0.1, 0.15) is 5.70 Å². The van der Waals surface area contributed by atoms with Crippen LogP contribution in [0.5, 0.6) is 0 Å². The first-order valence-electron chi connectivity index (χ1n) is 5.20. The topological polar surface area (TPSA) is 62.2 Å². The molecule has 1 rings (SSSR count). The highest BCUT2D eigenvalue weighted by Gasteiger charge is 2.12. The van der Waals surface area contributed by atoms with Gasteiger partial charge in [-0.05, 0) is 30.6 Å². The molecule has 92 valence electrons. The Balaban J connectivity index is 2.84. The highest BCUT2D eigenvalue weighted by atomic mass is 35.5. The maximum atomic E-state index is 11.3. The van der Waals surface area contributed by atoms with Gasteiger partial charge in [-0.3, -0.25) is 0 Å². The van der Waals surface area contributed by atoms with Crippen LogP contribution in [0, 0.1) is 5.41 Å². The third kappa shape index (κ3) is 3.75. The van der Waals surface area contributed by atoms with Crippen LogP contribution in [0.25, 0.3) is 0 Å². The Kier molecular flexibility index (Phi) is 4.97. The zero-order chi connectivity index (χ0) is 12.8. The summed E-state index contributed by atoms with van der Waals surface area (Å²) in [5.41, 5.74) is 1.41. The number of allylic oxidation sites excluding steroid dienone is 5. The van der Waals surface area contributed by atoms with E-state index in [0.717, 1.165) is 17.0 Å². The van der Waals surface area contributed by atoms with Crippen LogP contribution in [0.4, 0.5) is 0 Å². The maximum absolute atomic E-state index is 11.3. The standard InChI is InChI=1S/C12H15ClN2O2/c1-15-11(12(16)17-2)7-10(14)8-3-5-9(13)6-4-8/h3,5,7,14-15H,4,6H2,1-2H3/b11-7-,14-10?. The molecule has 0 aliphatic heterocycles. The minimum atomic E-state index is -0.484. The summed E-state index contributed by atoms with van der Waals surface area (Å²) < 4.78 is 4.59. The Hall–Kier alpha value is -1.55. The van der Waals surface area contributed by atoms with E-state index < -0.39 is 5.97 Å². The van der Waals surface area contributed by atoms with Crippen LogP contribution in [0.3, 0.4) is 0 Å². The van der Waals surface area contributed by atoms with E-state index in [4.69, 9.17) is 17.0 Å². The molecule has 17 heavy (non-hydrogen) atoms. The largest absolute Gasteiger partial charge is 0.464 e. The molecular formula is C12H15ClN2O2. The fourth-order valence-electron chi connectivity index (χ4n) is 1.42. The van der Waals surface area contributed by atoms with Crippen LogP contribution in [0.1, 0.15) is 12.8 Å². The number of rotatable bonds is 4. The van der Waals surface area contributed by atoms with Gasteiger partial charge in [-0.2, -0.15) is 0 Å². The van der Waals surface area contributed by atoms with Gasteiger partial charge in [0.15, 0.2) is 0 Å². The lowest BCUT2D eigenvalue weighted by molar-refractivity contribution is -0.136. The molecular weight excluding hydrogens is 240 g/mol. The molecule has 0 amide bonds. The molecule has 0 fully saturated rings. The molecule has 0 atom stereocenters. The minimum absolute atomic E-state index is 0.263. The lowest BCUT2D eigenvalue weighted by Crippen LogP contribution is -2.19. The molecule has 1 aliphatic carbocycles. The van der Waals surface area contributed by atoms with Gasteiger partial charge in [-0.1, -0.05) is 17.7 Å². The Morgan fingerprint density at radius 1 is 1.53 bits per heavy atom. The summed E-state index contributed by atoms with van der Waals surface area (Å²) in [4.78, 5) is 11.3. The van der Waals surface area contributed by atoms with Gasteiger partial charge in [-0.15, -0.1) is 0 Å². The second kappa shape index (κ2) is 6.25. The molecule has 0 saturated carbocycles. The smallest absolute Gasteiger partial charge is 0.354 e. The number of ether oxygens (including phenoxy) is 1. The van der Waals surface area contributed by atoms with E-state index in [0.29, 0.717) is 12.1 Å². The van der Waals surface area contributed by atoms with Crippen molar-refractivity contribution in [1.29, 1.82) is 5.41 Å². The molecule has 0 aromatic carbocycles. The first-order chi connectivity index (χ1) is 8.08. The van der Waals surface area contributed by atoms with E-state index in [2.05, 4.69) is 10.1 Å². The zero-order valence-corrected chi connectivity index (χ0v) is 10.6. The van der Waals surface area contributed by atoms with Crippen molar-refractivity contribution in [2.24, 2.45) is 0 Å². The molecule has 0 unspecified atom stereocenters. The van der Waals surface area contributed by atoms with Crippen LogP contribution in [0.15, 0.2) is 34.5 Å². The summed E-state index contributed by atoms with van der Waals surface area (Å²) in [6.45, 7) is 0.